The SMILES string of the molecule is CCCC(=O)N(C)Cc1cc(C)on1. The topological polar surface area (TPSA) is 46.3 Å². The number of carbonyl (C=O) groups is 1. The molecule has 4 heteroatoms. The predicted octanol–water partition coefficient (Wildman–Crippen LogP) is 1.74. The second-order valence-electron chi connectivity index (χ2n) is 3.43. The van der Waals surface area contributed by atoms with Crippen molar-refractivity contribution in [2.24, 2.45) is 0 Å². The number of hydrogen-bond acceptors (Lipinski definition) is 3. The highest BCUT2D eigenvalue weighted by molar-refractivity contribution is 5.75. The molecule has 1 rings (SSSR count). The maximum atomic E-state index is 11.4. The highest BCUT2D eigenvalue weighted by Gasteiger charge is 2.09. The summed E-state index contributed by atoms with van der Waals surface area (Å²) < 4.78 is 4.92. The lowest BCUT2D eigenvalue weighted by atomic mass is 10.3. The number of hydrogen-bond donors (Lipinski definition) is 0. The van der Waals surface area contributed by atoms with Crippen LogP contribution in [0.1, 0.15) is 31.2 Å². The molecule has 14 heavy (non-hydrogen) atoms. The van der Waals surface area contributed by atoms with E-state index >= 15 is 0 Å². The first-order chi connectivity index (χ1) is 6.63. The van der Waals surface area contributed by atoms with Gasteiger partial charge in [-0.05, 0) is 13.3 Å². The Hall–Kier alpha value is -1.32. The molecule has 0 aliphatic heterocycles. The molecule has 0 aliphatic carbocycles. The van der Waals surface area contributed by atoms with Gasteiger partial charge in [-0.15, -0.1) is 0 Å². The van der Waals surface area contributed by atoms with Gasteiger partial charge in [-0.1, -0.05) is 12.1 Å². The number of carbonyl (C=O) groups excluding carboxylic acids is 1. The van der Waals surface area contributed by atoms with Gasteiger partial charge >= 0.3 is 0 Å². The van der Waals surface area contributed by atoms with E-state index in [-0.39, 0.29) is 5.91 Å². The van der Waals surface area contributed by atoms with Crippen LogP contribution in [0.5, 0.6) is 0 Å². The van der Waals surface area contributed by atoms with E-state index in [1.165, 1.54) is 0 Å². The van der Waals surface area contributed by atoms with Crippen LogP contribution in [0.25, 0.3) is 0 Å². The molecule has 78 valence electrons. The van der Waals surface area contributed by atoms with Crippen molar-refractivity contribution in [3.8, 4) is 0 Å². The van der Waals surface area contributed by atoms with Gasteiger partial charge in [0.15, 0.2) is 0 Å². The van der Waals surface area contributed by atoms with E-state index in [2.05, 4.69) is 5.16 Å². The Bertz CT molecular complexity index is 307. The van der Waals surface area contributed by atoms with Crippen LogP contribution in [0.2, 0.25) is 0 Å². The summed E-state index contributed by atoms with van der Waals surface area (Å²) in [6, 6.07) is 1.84. The van der Waals surface area contributed by atoms with E-state index in [1.807, 2.05) is 19.9 Å². The van der Waals surface area contributed by atoms with Gasteiger partial charge in [0.2, 0.25) is 5.91 Å². The van der Waals surface area contributed by atoms with E-state index in [1.54, 1.807) is 11.9 Å². The van der Waals surface area contributed by atoms with Crippen molar-refractivity contribution in [1.29, 1.82) is 0 Å². The Morgan fingerprint density at radius 1 is 1.64 bits per heavy atom. The van der Waals surface area contributed by atoms with Crippen molar-refractivity contribution in [2.75, 3.05) is 7.05 Å². The summed E-state index contributed by atoms with van der Waals surface area (Å²) in [5.74, 6) is 0.921. The minimum absolute atomic E-state index is 0.146. The molecule has 1 amide bonds. The molecule has 0 aliphatic rings. The Labute approximate surface area is 83.9 Å². The molecule has 0 spiro atoms. The molecule has 0 fully saturated rings. The summed E-state index contributed by atoms with van der Waals surface area (Å²) in [5.41, 5.74) is 0.800. The van der Waals surface area contributed by atoms with Gasteiger partial charge in [-0.3, -0.25) is 4.79 Å². The lowest BCUT2D eigenvalue weighted by Crippen LogP contribution is -2.25. The fourth-order valence-electron chi connectivity index (χ4n) is 1.23. The van der Waals surface area contributed by atoms with Crippen LogP contribution in [0.4, 0.5) is 0 Å². The molecule has 0 atom stereocenters. The molecular formula is C10H16N2O2. The molecular weight excluding hydrogens is 180 g/mol. The average Bonchev–Trinajstić information content (AvgIpc) is 2.51. The standard InChI is InChI=1S/C10H16N2O2/c1-4-5-10(13)12(3)7-9-6-8(2)14-11-9/h6H,4-5,7H2,1-3H3. The van der Waals surface area contributed by atoms with Gasteiger partial charge in [0, 0.05) is 19.5 Å². The van der Waals surface area contributed by atoms with Crippen molar-refractivity contribution >= 4 is 5.91 Å². The number of aromatic nitrogens is 1. The number of amides is 1. The number of rotatable bonds is 4. The minimum atomic E-state index is 0.146. The lowest BCUT2D eigenvalue weighted by molar-refractivity contribution is -0.130. The maximum Gasteiger partial charge on any atom is 0.222 e. The first kappa shape index (κ1) is 10.8. The predicted molar refractivity (Wildman–Crippen MR) is 52.6 cm³/mol. The largest absolute Gasteiger partial charge is 0.361 e. The van der Waals surface area contributed by atoms with Crippen LogP contribution >= 0.6 is 0 Å². The highest BCUT2D eigenvalue weighted by atomic mass is 16.5. The van der Waals surface area contributed by atoms with Crippen molar-refractivity contribution in [3.63, 3.8) is 0 Å². The zero-order chi connectivity index (χ0) is 10.6. The molecule has 0 unspecified atom stereocenters. The van der Waals surface area contributed by atoms with E-state index in [4.69, 9.17) is 4.52 Å². The summed E-state index contributed by atoms with van der Waals surface area (Å²) >= 11 is 0. The molecule has 1 aromatic rings. The summed E-state index contributed by atoms with van der Waals surface area (Å²) in [6.45, 7) is 4.35. The molecule has 0 aromatic carbocycles. The van der Waals surface area contributed by atoms with Gasteiger partial charge in [0.1, 0.15) is 11.5 Å². The van der Waals surface area contributed by atoms with Crippen LogP contribution in [-0.4, -0.2) is 23.0 Å². The van der Waals surface area contributed by atoms with Gasteiger partial charge in [-0.2, -0.15) is 0 Å². The van der Waals surface area contributed by atoms with Crippen molar-refractivity contribution < 1.29 is 9.32 Å². The number of nitrogens with zero attached hydrogens (tertiary/aromatic N) is 2. The first-order valence-electron chi connectivity index (χ1n) is 4.79. The molecule has 0 radical (unpaired) electrons. The quantitative estimate of drug-likeness (QED) is 0.736. The van der Waals surface area contributed by atoms with Crippen LogP contribution in [0.3, 0.4) is 0 Å². The normalized spacial score (nSPS) is 10.2. The number of aryl methyl sites for hydroxylation is 1. The van der Waals surface area contributed by atoms with E-state index in [0.717, 1.165) is 17.9 Å². The Morgan fingerprint density at radius 2 is 2.36 bits per heavy atom. The molecule has 4 nitrogen and oxygen atoms in total. The zero-order valence-electron chi connectivity index (χ0n) is 8.91. The van der Waals surface area contributed by atoms with Crippen molar-refractivity contribution in [3.05, 3.63) is 17.5 Å². The third kappa shape index (κ3) is 2.87. The zero-order valence-corrected chi connectivity index (χ0v) is 8.91. The fourth-order valence-corrected chi connectivity index (χ4v) is 1.23. The minimum Gasteiger partial charge on any atom is -0.361 e. The second kappa shape index (κ2) is 4.79. The molecule has 0 saturated heterocycles. The molecule has 1 aromatic heterocycles. The van der Waals surface area contributed by atoms with Crippen LogP contribution in [0, 0.1) is 6.92 Å². The van der Waals surface area contributed by atoms with Gasteiger partial charge in [-0.25, -0.2) is 0 Å². The summed E-state index contributed by atoms with van der Waals surface area (Å²) in [6.07, 6.45) is 1.47. The van der Waals surface area contributed by atoms with Crippen LogP contribution < -0.4 is 0 Å². The lowest BCUT2D eigenvalue weighted by Gasteiger charge is -2.14. The first-order valence-corrected chi connectivity index (χ1v) is 4.79. The highest BCUT2D eigenvalue weighted by Crippen LogP contribution is 2.05. The van der Waals surface area contributed by atoms with Crippen molar-refractivity contribution in [1.82, 2.24) is 10.1 Å². The van der Waals surface area contributed by atoms with Gasteiger partial charge in [0.25, 0.3) is 0 Å². The smallest absolute Gasteiger partial charge is 0.222 e. The van der Waals surface area contributed by atoms with Gasteiger partial charge < -0.3 is 9.42 Å². The summed E-state index contributed by atoms with van der Waals surface area (Å²) in [5, 5.41) is 3.83. The molecule has 0 saturated carbocycles. The average molecular weight is 196 g/mol. The van der Waals surface area contributed by atoms with E-state index in [9.17, 15) is 4.79 Å². The Kier molecular flexibility index (Phi) is 3.68. The van der Waals surface area contributed by atoms with Crippen LogP contribution in [-0.2, 0) is 11.3 Å². The van der Waals surface area contributed by atoms with Crippen LogP contribution in [0.15, 0.2) is 10.6 Å². The van der Waals surface area contributed by atoms with Crippen molar-refractivity contribution in [2.45, 2.75) is 33.2 Å². The van der Waals surface area contributed by atoms with E-state index in [0.29, 0.717) is 13.0 Å². The molecule has 0 bridgehead atoms. The Morgan fingerprint density at radius 3 is 2.86 bits per heavy atom. The summed E-state index contributed by atoms with van der Waals surface area (Å²) in [4.78, 5) is 13.1. The molecule has 1 heterocycles. The second-order valence-corrected chi connectivity index (χ2v) is 3.43. The third-order valence-corrected chi connectivity index (χ3v) is 1.97. The molecule has 0 N–H and O–H groups in total. The maximum absolute atomic E-state index is 11.4. The van der Waals surface area contributed by atoms with Gasteiger partial charge in [0.05, 0.1) is 6.54 Å². The Balaban J connectivity index is 2.48. The fraction of sp³-hybridized carbons (Fsp3) is 0.600. The third-order valence-electron chi connectivity index (χ3n) is 1.97. The monoisotopic (exact) mass is 196 g/mol. The summed E-state index contributed by atoms with van der Waals surface area (Å²) in [7, 11) is 1.78. The van der Waals surface area contributed by atoms with E-state index < -0.39 is 0 Å².